The Morgan fingerprint density at radius 2 is 1.78 bits per heavy atom. The van der Waals surface area contributed by atoms with Crippen molar-refractivity contribution in [1.82, 2.24) is 15.1 Å². The second-order valence-electron chi connectivity index (χ2n) is 5.35. The van der Waals surface area contributed by atoms with Gasteiger partial charge < -0.3 is 15.0 Å². The zero-order chi connectivity index (χ0) is 16.9. The van der Waals surface area contributed by atoms with Crippen LogP contribution in [0.15, 0.2) is 30.3 Å². The maximum absolute atomic E-state index is 12.3. The van der Waals surface area contributed by atoms with Crippen molar-refractivity contribution in [2.45, 2.75) is 12.2 Å². The van der Waals surface area contributed by atoms with Crippen LogP contribution in [0.25, 0.3) is 0 Å². The highest BCUT2D eigenvalue weighted by Gasteiger charge is 2.33. The van der Waals surface area contributed by atoms with Gasteiger partial charge in [-0.15, -0.1) is 0 Å². The molecule has 0 bridgehead atoms. The van der Waals surface area contributed by atoms with Crippen molar-refractivity contribution >= 4 is 12.3 Å². The van der Waals surface area contributed by atoms with Crippen LogP contribution < -0.4 is 5.32 Å². The summed E-state index contributed by atoms with van der Waals surface area (Å²) in [5, 5.41) is 2.59. The van der Waals surface area contributed by atoms with E-state index >= 15 is 0 Å². The molecule has 0 aromatic heterocycles. The van der Waals surface area contributed by atoms with E-state index in [1.807, 2.05) is 0 Å². The lowest BCUT2D eigenvalue weighted by atomic mass is 10.1. The molecule has 1 atom stereocenters. The first-order valence-electron chi connectivity index (χ1n) is 7.24. The minimum atomic E-state index is -4.24. The Bertz CT molecular complexity index is 529. The van der Waals surface area contributed by atoms with Gasteiger partial charge in [0, 0.05) is 26.2 Å². The van der Waals surface area contributed by atoms with E-state index in [9.17, 15) is 22.8 Å². The van der Waals surface area contributed by atoms with Gasteiger partial charge in [0.2, 0.25) is 0 Å². The fourth-order valence-electron chi connectivity index (χ4n) is 2.44. The number of carbonyl (C=O) groups excluding carboxylic acids is 2. The number of aldehydes is 1. The molecule has 0 spiro atoms. The Morgan fingerprint density at radius 3 is 2.30 bits per heavy atom. The molecule has 1 aliphatic rings. The number of benzene rings is 1. The lowest BCUT2D eigenvalue weighted by Gasteiger charge is -2.35. The molecule has 1 fully saturated rings. The van der Waals surface area contributed by atoms with E-state index in [1.165, 1.54) is 9.80 Å². The molecule has 1 aromatic rings. The standard InChI is InChI=1S/C15H18F3N3O2/c16-15(17,18)11-20-6-8-21(9-7-20)14(23)19-13(10-22)12-4-2-1-3-5-12/h1-5,10,13H,6-9,11H2,(H,19,23)/t13-/m0/s1. The third-order valence-corrected chi connectivity index (χ3v) is 3.64. The highest BCUT2D eigenvalue weighted by molar-refractivity contribution is 5.79. The van der Waals surface area contributed by atoms with Gasteiger partial charge in [0.25, 0.3) is 0 Å². The Hall–Kier alpha value is -2.09. The molecule has 5 nitrogen and oxygen atoms in total. The van der Waals surface area contributed by atoms with Crippen molar-refractivity contribution in [3.8, 4) is 0 Å². The minimum Gasteiger partial charge on any atom is -0.324 e. The summed E-state index contributed by atoms with van der Waals surface area (Å²) >= 11 is 0. The van der Waals surface area contributed by atoms with Gasteiger partial charge in [0.1, 0.15) is 12.3 Å². The van der Waals surface area contributed by atoms with Gasteiger partial charge in [-0.2, -0.15) is 13.2 Å². The maximum Gasteiger partial charge on any atom is 0.401 e. The van der Waals surface area contributed by atoms with Crippen molar-refractivity contribution in [3.05, 3.63) is 35.9 Å². The monoisotopic (exact) mass is 329 g/mol. The fraction of sp³-hybridized carbons (Fsp3) is 0.467. The number of carbonyl (C=O) groups is 2. The first-order valence-corrected chi connectivity index (χ1v) is 7.24. The number of halogens is 3. The summed E-state index contributed by atoms with van der Waals surface area (Å²) in [5.41, 5.74) is 0.659. The van der Waals surface area contributed by atoms with Crippen molar-refractivity contribution in [2.24, 2.45) is 0 Å². The van der Waals surface area contributed by atoms with E-state index < -0.39 is 24.8 Å². The van der Waals surface area contributed by atoms with Crippen LogP contribution >= 0.6 is 0 Å². The number of amides is 2. The van der Waals surface area contributed by atoms with Gasteiger partial charge in [-0.1, -0.05) is 30.3 Å². The molecule has 1 aliphatic heterocycles. The molecule has 0 unspecified atom stereocenters. The van der Waals surface area contributed by atoms with E-state index in [1.54, 1.807) is 30.3 Å². The lowest BCUT2D eigenvalue weighted by molar-refractivity contribution is -0.148. The first-order chi connectivity index (χ1) is 10.9. The van der Waals surface area contributed by atoms with E-state index in [0.29, 0.717) is 11.8 Å². The topological polar surface area (TPSA) is 52.7 Å². The van der Waals surface area contributed by atoms with Crippen molar-refractivity contribution in [1.29, 1.82) is 0 Å². The quantitative estimate of drug-likeness (QED) is 0.858. The molecular weight excluding hydrogens is 311 g/mol. The molecule has 23 heavy (non-hydrogen) atoms. The summed E-state index contributed by atoms with van der Waals surface area (Å²) in [6.07, 6.45) is -3.60. The van der Waals surface area contributed by atoms with E-state index in [2.05, 4.69) is 5.32 Å². The summed E-state index contributed by atoms with van der Waals surface area (Å²) in [6.45, 7) is -0.262. The average Bonchev–Trinajstić information content (AvgIpc) is 2.52. The molecule has 1 aromatic carbocycles. The summed E-state index contributed by atoms with van der Waals surface area (Å²) in [4.78, 5) is 26.0. The van der Waals surface area contributed by atoms with Crippen LogP contribution in [-0.4, -0.2) is 61.0 Å². The lowest BCUT2D eigenvalue weighted by Crippen LogP contribution is -2.53. The number of nitrogens with one attached hydrogen (secondary N) is 1. The van der Waals surface area contributed by atoms with E-state index in [0.717, 1.165) is 0 Å². The Balaban J connectivity index is 1.86. The second-order valence-corrected chi connectivity index (χ2v) is 5.35. The number of urea groups is 1. The third-order valence-electron chi connectivity index (χ3n) is 3.64. The van der Waals surface area contributed by atoms with E-state index in [-0.39, 0.29) is 26.2 Å². The zero-order valence-corrected chi connectivity index (χ0v) is 12.4. The maximum atomic E-state index is 12.3. The van der Waals surface area contributed by atoms with Crippen molar-refractivity contribution in [3.63, 3.8) is 0 Å². The Kier molecular flexibility index (Phi) is 5.59. The van der Waals surface area contributed by atoms with Crippen LogP contribution in [0.3, 0.4) is 0 Å². The smallest absolute Gasteiger partial charge is 0.324 e. The summed E-state index contributed by atoms with van der Waals surface area (Å²) in [6, 6.07) is 7.55. The molecule has 0 saturated carbocycles. The van der Waals surface area contributed by atoms with Crippen molar-refractivity contribution in [2.75, 3.05) is 32.7 Å². The molecule has 1 heterocycles. The average molecular weight is 329 g/mol. The molecule has 2 rings (SSSR count). The number of rotatable bonds is 4. The normalized spacial score (nSPS) is 17.6. The zero-order valence-electron chi connectivity index (χ0n) is 12.4. The van der Waals surface area contributed by atoms with Gasteiger partial charge in [0.05, 0.1) is 6.54 Å². The summed E-state index contributed by atoms with van der Waals surface area (Å²) in [5.74, 6) is 0. The SMILES string of the molecule is O=C[C@H](NC(=O)N1CCN(CC(F)(F)F)CC1)c1ccccc1. The van der Waals surface area contributed by atoms with Crippen LogP contribution in [0.2, 0.25) is 0 Å². The summed E-state index contributed by atoms with van der Waals surface area (Å²) in [7, 11) is 0. The van der Waals surface area contributed by atoms with Crippen LogP contribution in [-0.2, 0) is 4.79 Å². The molecule has 1 N–H and O–H groups in total. The molecule has 126 valence electrons. The fourth-order valence-corrected chi connectivity index (χ4v) is 2.44. The molecule has 0 aliphatic carbocycles. The molecular formula is C15H18F3N3O2. The molecule has 2 amide bonds. The number of hydrogen-bond acceptors (Lipinski definition) is 3. The van der Waals surface area contributed by atoms with Gasteiger partial charge in [-0.05, 0) is 5.56 Å². The second kappa shape index (κ2) is 7.45. The van der Waals surface area contributed by atoms with Crippen LogP contribution in [0, 0.1) is 0 Å². The van der Waals surface area contributed by atoms with Gasteiger partial charge in [0.15, 0.2) is 0 Å². The van der Waals surface area contributed by atoms with Gasteiger partial charge in [-0.25, -0.2) is 4.79 Å². The molecule has 0 radical (unpaired) electrons. The van der Waals surface area contributed by atoms with Gasteiger partial charge >= 0.3 is 12.2 Å². The van der Waals surface area contributed by atoms with Crippen LogP contribution in [0.5, 0.6) is 0 Å². The minimum absolute atomic E-state index is 0.157. The number of hydrogen-bond donors (Lipinski definition) is 1. The number of nitrogens with zero attached hydrogens (tertiary/aromatic N) is 2. The Morgan fingerprint density at radius 1 is 1.17 bits per heavy atom. The predicted octanol–water partition coefficient (Wildman–Crippen LogP) is 1.82. The number of alkyl halides is 3. The van der Waals surface area contributed by atoms with Crippen molar-refractivity contribution < 1.29 is 22.8 Å². The van der Waals surface area contributed by atoms with E-state index in [4.69, 9.17) is 0 Å². The highest BCUT2D eigenvalue weighted by Crippen LogP contribution is 2.18. The predicted molar refractivity (Wildman–Crippen MR) is 77.8 cm³/mol. The van der Waals surface area contributed by atoms with Crippen LogP contribution in [0.4, 0.5) is 18.0 Å². The third kappa shape index (κ3) is 5.24. The highest BCUT2D eigenvalue weighted by atomic mass is 19.4. The molecule has 8 heteroatoms. The van der Waals surface area contributed by atoms with Gasteiger partial charge in [-0.3, -0.25) is 4.90 Å². The Labute approximate surface area is 132 Å². The summed E-state index contributed by atoms with van der Waals surface area (Å²) < 4.78 is 37.0. The first kappa shape index (κ1) is 17.3. The largest absolute Gasteiger partial charge is 0.401 e. The molecule has 1 saturated heterocycles. The number of piperazine rings is 1. The van der Waals surface area contributed by atoms with Crippen LogP contribution in [0.1, 0.15) is 11.6 Å².